The minimum absolute atomic E-state index is 0.00586. The number of aliphatic hydroxyl groups is 1. The van der Waals surface area contributed by atoms with E-state index in [2.05, 4.69) is 15.2 Å². The molecule has 23 heavy (non-hydrogen) atoms. The molecule has 2 aliphatic heterocycles. The fourth-order valence-electron chi connectivity index (χ4n) is 3.25. The predicted molar refractivity (Wildman–Crippen MR) is 87.5 cm³/mol. The van der Waals surface area contributed by atoms with E-state index in [0.717, 1.165) is 31.0 Å². The van der Waals surface area contributed by atoms with E-state index in [1.54, 1.807) is 12.4 Å². The highest BCUT2D eigenvalue weighted by atomic mass is 16.5. The van der Waals surface area contributed by atoms with Gasteiger partial charge < -0.3 is 25.0 Å². The maximum Gasteiger partial charge on any atom is 0.224 e. The van der Waals surface area contributed by atoms with Crippen molar-refractivity contribution in [2.24, 2.45) is 5.92 Å². The topological polar surface area (TPSA) is 77.9 Å². The Bertz CT molecular complexity index is 548. The number of ether oxygens (including phenoxy) is 1. The number of carbonyl (C=O) groups is 1. The molecule has 1 aromatic rings. The number of aliphatic hydroxyl groups excluding tert-OH is 1. The zero-order valence-electron chi connectivity index (χ0n) is 13.4. The van der Waals surface area contributed by atoms with Crippen LogP contribution in [0.4, 0.5) is 11.4 Å². The number of hydrogen-bond donors (Lipinski definition) is 2. The monoisotopic (exact) mass is 320 g/mol. The van der Waals surface area contributed by atoms with Crippen molar-refractivity contribution in [3.05, 3.63) is 18.5 Å². The standard InChI is InChI=1S/C16H24N4O3/c1-19-10-12(15(21)11-19)8-16(22)18-13-2-3-17-9-14(13)20-4-6-23-7-5-20/h2-3,9,12,15,21H,4-8,10-11H2,1H3,(H,17,18,22)/t12-,15-/m1/s1. The van der Waals surface area contributed by atoms with Gasteiger partial charge in [0.25, 0.3) is 0 Å². The summed E-state index contributed by atoms with van der Waals surface area (Å²) >= 11 is 0. The van der Waals surface area contributed by atoms with Crippen LogP contribution in [0.5, 0.6) is 0 Å². The lowest BCUT2D eigenvalue weighted by atomic mass is 10.0. The molecule has 0 aromatic carbocycles. The molecule has 0 saturated carbocycles. The molecule has 3 rings (SSSR count). The van der Waals surface area contributed by atoms with Crippen molar-refractivity contribution < 1.29 is 14.6 Å². The Hall–Kier alpha value is -1.70. The Morgan fingerprint density at radius 1 is 1.43 bits per heavy atom. The first-order valence-electron chi connectivity index (χ1n) is 8.06. The molecule has 2 fully saturated rings. The highest BCUT2D eigenvalue weighted by Gasteiger charge is 2.31. The second kappa shape index (κ2) is 7.25. The Labute approximate surface area is 136 Å². The molecule has 0 spiro atoms. The van der Waals surface area contributed by atoms with Crippen molar-refractivity contribution in [2.45, 2.75) is 12.5 Å². The lowest BCUT2D eigenvalue weighted by Gasteiger charge is -2.30. The zero-order valence-corrected chi connectivity index (χ0v) is 13.4. The Morgan fingerprint density at radius 2 is 2.22 bits per heavy atom. The summed E-state index contributed by atoms with van der Waals surface area (Å²) in [6.07, 6.45) is 3.36. The van der Waals surface area contributed by atoms with Gasteiger partial charge in [-0.25, -0.2) is 0 Å². The summed E-state index contributed by atoms with van der Waals surface area (Å²) < 4.78 is 5.37. The lowest BCUT2D eigenvalue weighted by molar-refractivity contribution is -0.117. The van der Waals surface area contributed by atoms with E-state index < -0.39 is 6.10 Å². The van der Waals surface area contributed by atoms with Gasteiger partial charge in [-0.3, -0.25) is 9.78 Å². The largest absolute Gasteiger partial charge is 0.391 e. The number of anilines is 2. The third-order valence-electron chi connectivity index (χ3n) is 4.46. The third-order valence-corrected chi connectivity index (χ3v) is 4.46. The average molecular weight is 320 g/mol. The Balaban J connectivity index is 1.64. The van der Waals surface area contributed by atoms with E-state index in [1.165, 1.54) is 0 Å². The molecular formula is C16H24N4O3. The predicted octanol–water partition coefficient (Wildman–Crippen LogP) is 0.169. The van der Waals surface area contributed by atoms with Gasteiger partial charge in [-0.05, 0) is 13.1 Å². The van der Waals surface area contributed by atoms with Crippen LogP contribution < -0.4 is 10.2 Å². The minimum Gasteiger partial charge on any atom is -0.391 e. The molecule has 0 radical (unpaired) electrons. The number of pyridine rings is 1. The molecule has 1 amide bonds. The minimum atomic E-state index is -0.429. The van der Waals surface area contributed by atoms with Gasteiger partial charge in [0.05, 0.1) is 36.9 Å². The van der Waals surface area contributed by atoms with Crippen molar-refractivity contribution in [1.29, 1.82) is 0 Å². The average Bonchev–Trinajstić information content (AvgIpc) is 2.86. The molecule has 2 aliphatic rings. The summed E-state index contributed by atoms with van der Waals surface area (Å²) in [4.78, 5) is 20.7. The number of nitrogens with zero attached hydrogens (tertiary/aromatic N) is 3. The number of carbonyl (C=O) groups excluding carboxylic acids is 1. The van der Waals surface area contributed by atoms with Crippen molar-refractivity contribution >= 4 is 17.3 Å². The van der Waals surface area contributed by atoms with E-state index in [1.807, 2.05) is 18.0 Å². The van der Waals surface area contributed by atoms with Crippen LogP contribution in [-0.2, 0) is 9.53 Å². The number of hydrogen-bond acceptors (Lipinski definition) is 6. The van der Waals surface area contributed by atoms with Crippen LogP contribution >= 0.6 is 0 Å². The molecule has 126 valence electrons. The van der Waals surface area contributed by atoms with Crippen molar-refractivity contribution in [3.8, 4) is 0 Å². The van der Waals surface area contributed by atoms with Crippen molar-refractivity contribution in [1.82, 2.24) is 9.88 Å². The van der Waals surface area contributed by atoms with Gasteiger partial charge in [-0.1, -0.05) is 0 Å². The second-order valence-electron chi connectivity index (χ2n) is 6.29. The molecule has 0 aliphatic carbocycles. The fourth-order valence-corrected chi connectivity index (χ4v) is 3.25. The van der Waals surface area contributed by atoms with Gasteiger partial charge in [0.1, 0.15) is 0 Å². The number of β-amino-alcohol motifs (C(OH)–C–C–N with tert-alkyl or cyclic N) is 1. The van der Waals surface area contributed by atoms with Crippen LogP contribution in [0.1, 0.15) is 6.42 Å². The number of likely N-dealkylation sites (tertiary alicyclic amines) is 1. The number of likely N-dealkylation sites (N-methyl/N-ethyl adjacent to an activating group) is 1. The van der Waals surface area contributed by atoms with Gasteiger partial charge in [0, 0.05) is 44.7 Å². The van der Waals surface area contributed by atoms with Crippen LogP contribution in [0.2, 0.25) is 0 Å². The molecule has 2 atom stereocenters. The van der Waals surface area contributed by atoms with E-state index >= 15 is 0 Å². The fraction of sp³-hybridized carbons (Fsp3) is 0.625. The van der Waals surface area contributed by atoms with Gasteiger partial charge in [0.2, 0.25) is 5.91 Å². The SMILES string of the molecule is CN1C[C@@H](CC(=O)Nc2ccncc2N2CCOCC2)[C@H](O)C1. The van der Waals surface area contributed by atoms with E-state index in [4.69, 9.17) is 4.74 Å². The molecule has 7 heteroatoms. The van der Waals surface area contributed by atoms with Crippen LogP contribution in [0.25, 0.3) is 0 Å². The molecule has 1 aromatic heterocycles. The smallest absolute Gasteiger partial charge is 0.224 e. The summed E-state index contributed by atoms with van der Waals surface area (Å²) in [5, 5.41) is 13.0. The summed E-state index contributed by atoms with van der Waals surface area (Å²) in [5.74, 6) is -0.0706. The molecule has 0 unspecified atom stereocenters. The van der Waals surface area contributed by atoms with Gasteiger partial charge in [-0.15, -0.1) is 0 Å². The number of nitrogens with one attached hydrogen (secondary N) is 1. The van der Waals surface area contributed by atoms with Crippen LogP contribution in [0.15, 0.2) is 18.5 Å². The lowest BCUT2D eigenvalue weighted by Crippen LogP contribution is -2.37. The van der Waals surface area contributed by atoms with Gasteiger partial charge >= 0.3 is 0 Å². The number of aromatic nitrogens is 1. The first-order valence-corrected chi connectivity index (χ1v) is 8.06. The first kappa shape index (κ1) is 16.2. The molecular weight excluding hydrogens is 296 g/mol. The van der Waals surface area contributed by atoms with Gasteiger partial charge in [0.15, 0.2) is 0 Å². The number of rotatable bonds is 4. The first-order chi connectivity index (χ1) is 11.1. The highest BCUT2D eigenvalue weighted by molar-refractivity contribution is 5.94. The molecule has 3 heterocycles. The Kier molecular flexibility index (Phi) is 5.09. The Morgan fingerprint density at radius 3 is 2.91 bits per heavy atom. The maximum absolute atomic E-state index is 12.4. The summed E-state index contributed by atoms with van der Waals surface area (Å²) in [6, 6.07) is 1.82. The molecule has 2 N–H and O–H groups in total. The molecule has 2 saturated heterocycles. The van der Waals surface area contributed by atoms with Crippen molar-refractivity contribution in [3.63, 3.8) is 0 Å². The van der Waals surface area contributed by atoms with E-state index in [0.29, 0.717) is 26.2 Å². The zero-order chi connectivity index (χ0) is 16.2. The normalized spacial score (nSPS) is 25.6. The summed E-state index contributed by atoms with van der Waals surface area (Å²) in [6.45, 7) is 4.33. The quantitative estimate of drug-likeness (QED) is 0.823. The second-order valence-corrected chi connectivity index (χ2v) is 6.29. The molecule has 0 bridgehead atoms. The third kappa shape index (κ3) is 3.99. The highest BCUT2D eigenvalue weighted by Crippen LogP contribution is 2.26. The van der Waals surface area contributed by atoms with E-state index in [-0.39, 0.29) is 11.8 Å². The number of amides is 1. The number of morpholine rings is 1. The van der Waals surface area contributed by atoms with E-state index in [9.17, 15) is 9.90 Å². The maximum atomic E-state index is 12.4. The molecule has 7 nitrogen and oxygen atoms in total. The summed E-state index contributed by atoms with van der Waals surface area (Å²) in [5.41, 5.74) is 1.70. The van der Waals surface area contributed by atoms with Crippen molar-refractivity contribution in [2.75, 3.05) is 56.7 Å². The van der Waals surface area contributed by atoms with Crippen LogP contribution in [-0.4, -0.2) is 73.4 Å². The van der Waals surface area contributed by atoms with Crippen LogP contribution in [0, 0.1) is 5.92 Å². The van der Waals surface area contributed by atoms with Crippen LogP contribution in [0.3, 0.4) is 0 Å². The summed E-state index contributed by atoms with van der Waals surface area (Å²) in [7, 11) is 1.96. The van der Waals surface area contributed by atoms with Gasteiger partial charge in [-0.2, -0.15) is 0 Å².